The van der Waals surface area contributed by atoms with Crippen molar-refractivity contribution >= 4 is 31.5 Å². The van der Waals surface area contributed by atoms with Crippen molar-refractivity contribution in [2.75, 3.05) is 0 Å². The lowest BCUT2D eigenvalue weighted by molar-refractivity contribution is 0.660. The maximum Gasteiger partial charge on any atom is 0.161 e. The van der Waals surface area contributed by atoms with Crippen molar-refractivity contribution in [3.8, 4) is 67.3 Å². The summed E-state index contributed by atoms with van der Waals surface area (Å²) < 4.78 is 2.62. The van der Waals surface area contributed by atoms with Crippen LogP contribution in [-0.2, 0) is 10.8 Å². The molecule has 0 fully saturated rings. The second kappa shape index (κ2) is 14.4. The zero-order valence-electron chi connectivity index (χ0n) is 36.1. The van der Waals surface area contributed by atoms with E-state index in [2.05, 4.69) is 232 Å². The minimum absolute atomic E-state index is 0.149. The first-order valence-electron chi connectivity index (χ1n) is 22.5. The van der Waals surface area contributed by atoms with Gasteiger partial charge in [0, 0.05) is 42.3 Å². The number of nitrogens with zero attached hydrogens (tertiary/aromatic N) is 2. The van der Waals surface area contributed by atoms with E-state index in [1.807, 2.05) is 11.3 Å². The van der Waals surface area contributed by atoms with Crippen LogP contribution in [0.5, 0.6) is 0 Å². The van der Waals surface area contributed by atoms with Crippen molar-refractivity contribution in [3.05, 3.63) is 252 Å². The average Bonchev–Trinajstić information content (AvgIpc) is 3.97. The minimum atomic E-state index is -0.520. The number of benzene rings is 9. The molecular formula is C62H42N2S. The number of aromatic nitrogens is 2. The molecule has 0 radical (unpaired) electrons. The smallest absolute Gasteiger partial charge is 0.161 e. The van der Waals surface area contributed by atoms with Gasteiger partial charge in [-0.2, -0.15) is 0 Å². The van der Waals surface area contributed by atoms with Gasteiger partial charge in [-0.1, -0.05) is 208 Å². The molecule has 9 aromatic carbocycles. The Bertz CT molecular complexity index is 3640. The van der Waals surface area contributed by atoms with Crippen molar-refractivity contribution in [1.82, 2.24) is 9.97 Å². The third kappa shape index (κ3) is 5.65. The summed E-state index contributed by atoms with van der Waals surface area (Å²) in [6, 6.07) is 80.1. The summed E-state index contributed by atoms with van der Waals surface area (Å²) >= 11 is 1.86. The van der Waals surface area contributed by atoms with Crippen LogP contribution in [0.25, 0.3) is 87.5 Å². The SMILES string of the molecule is CC1(C)c2ccccc2-c2c(-c3nc(-c4ccc(-c5ccc6c(c5)sc5ccccc56)cc4)cc(-c4ccc5c(c4)C(c4ccccc4)(c4ccccc4)c4ccccc4-5)n3)cccc21. The maximum atomic E-state index is 5.57. The van der Waals surface area contributed by atoms with E-state index in [-0.39, 0.29) is 5.41 Å². The van der Waals surface area contributed by atoms with E-state index < -0.39 is 5.41 Å². The number of thiophene rings is 1. The van der Waals surface area contributed by atoms with Gasteiger partial charge in [-0.25, -0.2) is 9.97 Å². The molecule has 2 aliphatic carbocycles. The molecule has 2 heterocycles. The van der Waals surface area contributed by atoms with Gasteiger partial charge < -0.3 is 0 Å². The van der Waals surface area contributed by atoms with Crippen molar-refractivity contribution in [2.24, 2.45) is 0 Å². The standard InChI is InChI=1S/C62H42N2S/c1-61(2)51-24-12-10-22-49(51)59-50(23-15-26-53(59)61)60-63-55(40-30-28-39(29-31-40)41-32-35-48-47-21-11-14-27-57(47)65-58(48)37-41)38-56(64-60)42-33-34-46-45-20-9-13-25-52(45)62(54(46)36-42,43-16-5-3-6-17-43)44-18-7-4-8-19-44/h3-38H,1-2H3. The Hall–Kier alpha value is -7.72. The third-order valence-electron chi connectivity index (χ3n) is 14.2. The van der Waals surface area contributed by atoms with E-state index in [9.17, 15) is 0 Å². The van der Waals surface area contributed by atoms with Gasteiger partial charge in [0.25, 0.3) is 0 Å². The Labute approximate surface area is 383 Å². The molecule has 2 aromatic heterocycles. The van der Waals surface area contributed by atoms with E-state index in [1.165, 1.54) is 86.9 Å². The highest BCUT2D eigenvalue weighted by Gasteiger charge is 2.46. The fourth-order valence-corrected chi connectivity index (χ4v) is 12.3. The molecule has 0 aliphatic heterocycles. The lowest BCUT2D eigenvalue weighted by Crippen LogP contribution is -2.28. The highest BCUT2D eigenvalue weighted by Crippen LogP contribution is 2.57. The van der Waals surface area contributed by atoms with Crippen molar-refractivity contribution in [1.29, 1.82) is 0 Å². The van der Waals surface area contributed by atoms with Crippen LogP contribution < -0.4 is 0 Å². The van der Waals surface area contributed by atoms with Crippen LogP contribution in [0.4, 0.5) is 0 Å². The highest BCUT2D eigenvalue weighted by atomic mass is 32.1. The van der Waals surface area contributed by atoms with Crippen LogP contribution in [0.2, 0.25) is 0 Å². The first-order valence-corrected chi connectivity index (χ1v) is 23.3. The van der Waals surface area contributed by atoms with Gasteiger partial charge in [0.15, 0.2) is 5.82 Å². The molecule has 11 aromatic rings. The first kappa shape index (κ1) is 37.8. The van der Waals surface area contributed by atoms with Crippen molar-refractivity contribution < 1.29 is 0 Å². The van der Waals surface area contributed by atoms with Gasteiger partial charge in [0.2, 0.25) is 0 Å². The molecule has 0 spiro atoms. The Morgan fingerprint density at radius 1 is 0.354 bits per heavy atom. The van der Waals surface area contributed by atoms with Crippen LogP contribution in [0.15, 0.2) is 218 Å². The third-order valence-corrected chi connectivity index (χ3v) is 15.4. The van der Waals surface area contributed by atoms with Gasteiger partial charge in [0.1, 0.15) is 0 Å². The fraction of sp³-hybridized carbons (Fsp3) is 0.0645. The van der Waals surface area contributed by atoms with Gasteiger partial charge in [-0.15, -0.1) is 11.3 Å². The number of hydrogen-bond acceptors (Lipinski definition) is 3. The number of hydrogen-bond donors (Lipinski definition) is 0. The summed E-state index contributed by atoms with van der Waals surface area (Å²) in [7, 11) is 0. The molecule has 306 valence electrons. The van der Waals surface area contributed by atoms with Gasteiger partial charge >= 0.3 is 0 Å². The quantitative estimate of drug-likeness (QED) is 0.167. The summed E-state index contributed by atoms with van der Waals surface area (Å²) in [6.07, 6.45) is 0. The first-order chi connectivity index (χ1) is 32.0. The largest absolute Gasteiger partial charge is 0.228 e. The van der Waals surface area contributed by atoms with Crippen LogP contribution in [0.3, 0.4) is 0 Å². The normalized spacial score (nSPS) is 13.9. The van der Waals surface area contributed by atoms with E-state index in [0.29, 0.717) is 0 Å². The molecule has 0 unspecified atom stereocenters. The Morgan fingerprint density at radius 2 is 0.908 bits per heavy atom. The summed E-state index contributed by atoms with van der Waals surface area (Å²) in [5.74, 6) is 0.724. The molecule has 0 amide bonds. The summed E-state index contributed by atoms with van der Waals surface area (Å²) in [5, 5.41) is 2.63. The van der Waals surface area contributed by atoms with E-state index >= 15 is 0 Å². The van der Waals surface area contributed by atoms with Crippen LogP contribution in [-0.4, -0.2) is 9.97 Å². The highest BCUT2D eigenvalue weighted by molar-refractivity contribution is 7.25. The molecule has 3 heteroatoms. The maximum absolute atomic E-state index is 5.57. The predicted octanol–water partition coefficient (Wildman–Crippen LogP) is 16.2. The van der Waals surface area contributed by atoms with Crippen LogP contribution in [0.1, 0.15) is 47.2 Å². The lowest BCUT2D eigenvalue weighted by atomic mass is 9.67. The molecule has 2 nitrogen and oxygen atoms in total. The Morgan fingerprint density at radius 3 is 1.68 bits per heavy atom. The van der Waals surface area contributed by atoms with Gasteiger partial charge in [-0.05, 0) is 91.0 Å². The topological polar surface area (TPSA) is 25.8 Å². The van der Waals surface area contributed by atoms with E-state index in [1.54, 1.807) is 0 Å². The van der Waals surface area contributed by atoms with Gasteiger partial charge in [-0.3, -0.25) is 0 Å². The van der Waals surface area contributed by atoms with Crippen LogP contribution in [0, 0.1) is 0 Å². The molecule has 2 aliphatic rings. The Balaban J connectivity index is 1.01. The molecular weight excluding hydrogens is 805 g/mol. The molecule has 0 saturated heterocycles. The second-order valence-electron chi connectivity index (χ2n) is 18.0. The number of rotatable bonds is 6. The second-order valence-corrected chi connectivity index (χ2v) is 19.1. The molecule has 13 rings (SSSR count). The van der Waals surface area contributed by atoms with Crippen LogP contribution >= 0.6 is 11.3 Å². The van der Waals surface area contributed by atoms with Crippen molar-refractivity contribution in [3.63, 3.8) is 0 Å². The summed E-state index contributed by atoms with van der Waals surface area (Å²) in [4.78, 5) is 11.1. The fourth-order valence-electron chi connectivity index (χ4n) is 11.1. The molecule has 0 bridgehead atoms. The zero-order chi connectivity index (χ0) is 43.3. The average molecular weight is 847 g/mol. The summed E-state index contributed by atoms with van der Waals surface area (Å²) in [5.41, 5.74) is 19.3. The number of fused-ring (bicyclic) bond motifs is 9. The molecule has 0 atom stereocenters. The minimum Gasteiger partial charge on any atom is -0.228 e. The van der Waals surface area contributed by atoms with Gasteiger partial charge in [0.05, 0.1) is 16.8 Å². The zero-order valence-corrected chi connectivity index (χ0v) is 36.9. The molecule has 0 N–H and O–H groups in total. The predicted molar refractivity (Wildman–Crippen MR) is 272 cm³/mol. The Kier molecular flexibility index (Phi) is 8.38. The molecule has 65 heavy (non-hydrogen) atoms. The molecule has 0 saturated carbocycles. The van der Waals surface area contributed by atoms with E-state index in [4.69, 9.17) is 9.97 Å². The van der Waals surface area contributed by atoms with Crippen molar-refractivity contribution in [2.45, 2.75) is 24.7 Å². The summed E-state index contributed by atoms with van der Waals surface area (Å²) in [6.45, 7) is 4.66. The monoisotopic (exact) mass is 846 g/mol. The van der Waals surface area contributed by atoms with E-state index in [0.717, 1.165) is 33.9 Å². The lowest BCUT2D eigenvalue weighted by Gasteiger charge is -2.34.